The minimum Gasteiger partial charge on any atom is -0.381 e. The van der Waals surface area contributed by atoms with Crippen molar-refractivity contribution in [3.8, 4) is 6.07 Å². The summed E-state index contributed by atoms with van der Waals surface area (Å²) in [4.78, 5) is 0. The molecule has 0 bridgehead atoms. The average molecular weight is 265 g/mol. The number of aromatic nitrogens is 1. The van der Waals surface area contributed by atoms with E-state index in [9.17, 15) is 0 Å². The molecule has 1 aromatic carbocycles. The molecule has 3 heteroatoms. The monoisotopic (exact) mass is 265 g/mol. The Morgan fingerprint density at radius 3 is 2.80 bits per heavy atom. The van der Waals surface area contributed by atoms with Gasteiger partial charge in [-0.15, -0.1) is 0 Å². The second-order valence-electron chi connectivity index (χ2n) is 5.50. The molecule has 0 radical (unpaired) electrons. The first-order valence-corrected chi connectivity index (χ1v) is 7.10. The number of hydrogen-bond donors (Lipinski definition) is 1. The number of nitrogens with one attached hydrogen (secondary N) is 1. The van der Waals surface area contributed by atoms with Gasteiger partial charge >= 0.3 is 0 Å². The van der Waals surface area contributed by atoms with Gasteiger partial charge in [0.1, 0.15) is 11.8 Å². The molecule has 2 aromatic rings. The van der Waals surface area contributed by atoms with Gasteiger partial charge in [0.15, 0.2) is 0 Å². The summed E-state index contributed by atoms with van der Waals surface area (Å²) >= 11 is 0. The fourth-order valence-corrected chi connectivity index (χ4v) is 2.93. The number of fused-ring (bicyclic) bond motifs is 1. The van der Waals surface area contributed by atoms with E-state index in [0.717, 1.165) is 12.2 Å². The molecule has 0 atom stereocenters. The molecule has 1 aliphatic carbocycles. The van der Waals surface area contributed by atoms with Crippen molar-refractivity contribution in [2.75, 3.05) is 5.32 Å². The minimum atomic E-state index is 0.716. The minimum absolute atomic E-state index is 0.716. The van der Waals surface area contributed by atoms with Crippen molar-refractivity contribution in [1.82, 2.24) is 4.57 Å². The molecule has 1 heterocycles. The van der Waals surface area contributed by atoms with Crippen molar-refractivity contribution in [2.24, 2.45) is 7.05 Å². The van der Waals surface area contributed by atoms with E-state index in [1.165, 1.54) is 41.6 Å². The van der Waals surface area contributed by atoms with E-state index in [0.29, 0.717) is 5.69 Å². The summed E-state index contributed by atoms with van der Waals surface area (Å²) in [7, 11) is 1.94. The van der Waals surface area contributed by atoms with E-state index in [2.05, 4.69) is 36.5 Å². The molecule has 0 spiro atoms. The van der Waals surface area contributed by atoms with Crippen LogP contribution >= 0.6 is 0 Å². The number of anilines is 1. The van der Waals surface area contributed by atoms with E-state index >= 15 is 0 Å². The van der Waals surface area contributed by atoms with Gasteiger partial charge in [0.05, 0.1) is 0 Å². The van der Waals surface area contributed by atoms with E-state index in [-0.39, 0.29) is 0 Å². The number of nitriles is 1. The molecular formula is C17H19N3. The first-order valence-electron chi connectivity index (χ1n) is 7.10. The molecule has 0 fully saturated rings. The molecule has 0 unspecified atom stereocenters. The third-order valence-electron chi connectivity index (χ3n) is 4.34. The molecule has 1 N–H and O–H groups in total. The van der Waals surface area contributed by atoms with Gasteiger partial charge in [0.25, 0.3) is 0 Å². The van der Waals surface area contributed by atoms with Crippen LogP contribution in [0.1, 0.15) is 34.5 Å². The predicted octanol–water partition coefficient (Wildman–Crippen LogP) is 3.31. The zero-order valence-corrected chi connectivity index (χ0v) is 12.0. The van der Waals surface area contributed by atoms with E-state index in [4.69, 9.17) is 5.26 Å². The third-order valence-corrected chi connectivity index (χ3v) is 4.34. The first kappa shape index (κ1) is 12.8. The van der Waals surface area contributed by atoms with E-state index < -0.39 is 0 Å². The fourth-order valence-electron chi connectivity index (χ4n) is 2.93. The summed E-state index contributed by atoms with van der Waals surface area (Å²) in [6, 6.07) is 10.9. The Balaban J connectivity index is 1.75. The Morgan fingerprint density at radius 1 is 1.25 bits per heavy atom. The van der Waals surface area contributed by atoms with E-state index in [1.54, 1.807) is 0 Å². The maximum atomic E-state index is 9.06. The zero-order valence-electron chi connectivity index (χ0n) is 12.0. The molecule has 0 saturated carbocycles. The second kappa shape index (κ2) is 5.05. The molecule has 1 aliphatic rings. The number of benzene rings is 1. The summed E-state index contributed by atoms with van der Waals surface area (Å²) < 4.78 is 1.94. The van der Waals surface area contributed by atoms with Crippen molar-refractivity contribution in [2.45, 2.75) is 32.7 Å². The molecule has 0 saturated heterocycles. The summed E-state index contributed by atoms with van der Waals surface area (Å²) in [5, 5.41) is 12.5. The van der Waals surface area contributed by atoms with Gasteiger partial charge in [0, 0.05) is 25.0 Å². The van der Waals surface area contributed by atoms with Crippen LogP contribution in [0, 0.1) is 18.3 Å². The Hall–Kier alpha value is -2.21. The molecule has 3 nitrogen and oxygen atoms in total. The van der Waals surface area contributed by atoms with Gasteiger partial charge in [-0.1, -0.05) is 6.07 Å². The van der Waals surface area contributed by atoms with Crippen LogP contribution in [-0.4, -0.2) is 4.57 Å². The first-order chi connectivity index (χ1) is 9.69. The van der Waals surface area contributed by atoms with Crippen molar-refractivity contribution >= 4 is 5.69 Å². The molecule has 1 aromatic heterocycles. The van der Waals surface area contributed by atoms with Crippen LogP contribution < -0.4 is 5.32 Å². The van der Waals surface area contributed by atoms with Gasteiger partial charge in [-0.2, -0.15) is 5.26 Å². The van der Waals surface area contributed by atoms with Crippen molar-refractivity contribution in [3.05, 3.63) is 52.3 Å². The maximum Gasteiger partial charge on any atom is 0.120 e. The van der Waals surface area contributed by atoms with Crippen LogP contribution in [0.15, 0.2) is 24.3 Å². The van der Waals surface area contributed by atoms with Gasteiger partial charge in [-0.05, 0) is 61.1 Å². The SMILES string of the molecule is Cc1c(CNc2ccc3c(c2)CCC3)cc(C#N)n1C. The Morgan fingerprint density at radius 2 is 2.05 bits per heavy atom. The number of rotatable bonds is 3. The normalized spacial score (nSPS) is 13.1. The molecule has 0 aliphatic heterocycles. The molecule has 102 valence electrons. The molecule has 20 heavy (non-hydrogen) atoms. The summed E-state index contributed by atoms with van der Waals surface area (Å²) in [6.45, 7) is 2.82. The lowest BCUT2D eigenvalue weighted by Gasteiger charge is -2.09. The standard InChI is InChI=1S/C17H19N3/c1-12-15(9-17(10-18)20(12)2)11-19-16-7-6-13-4-3-5-14(13)8-16/h6-9,19H,3-5,11H2,1-2H3. The molecule has 0 amide bonds. The highest BCUT2D eigenvalue weighted by Crippen LogP contribution is 2.25. The van der Waals surface area contributed by atoms with Crippen LogP contribution in [-0.2, 0) is 26.4 Å². The van der Waals surface area contributed by atoms with Crippen LogP contribution in [0.2, 0.25) is 0 Å². The van der Waals surface area contributed by atoms with Crippen LogP contribution in [0.4, 0.5) is 5.69 Å². The summed E-state index contributed by atoms with van der Waals surface area (Å²) in [5.74, 6) is 0. The number of aryl methyl sites for hydroxylation is 2. The van der Waals surface area contributed by atoms with Crippen LogP contribution in [0.25, 0.3) is 0 Å². The zero-order chi connectivity index (χ0) is 14.1. The third kappa shape index (κ3) is 2.18. The lowest BCUT2D eigenvalue weighted by atomic mass is 10.1. The average Bonchev–Trinajstić information content (AvgIpc) is 3.03. The number of nitrogens with zero attached hydrogens (tertiary/aromatic N) is 2. The molecule has 3 rings (SSSR count). The second-order valence-corrected chi connectivity index (χ2v) is 5.50. The summed E-state index contributed by atoms with van der Waals surface area (Å²) in [5.41, 5.74) is 7.20. The largest absolute Gasteiger partial charge is 0.381 e. The van der Waals surface area contributed by atoms with E-state index in [1.807, 2.05) is 17.7 Å². The smallest absolute Gasteiger partial charge is 0.120 e. The topological polar surface area (TPSA) is 40.8 Å². The Bertz CT molecular complexity index is 689. The van der Waals surface area contributed by atoms with Gasteiger partial charge in [0.2, 0.25) is 0 Å². The van der Waals surface area contributed by atoms with Crippen molar-refractivity contribution in [3.63, 3.8) is 0 Å². The highest BCUT2D eigenvalue weighted by atomic mass is 15.0. The predicted molar refractivity (Wildman–Crippen MR) is 80.7 cm³/mol. The number of hydrogen-bond acceptors (Lipinski definition) is 2. The lowest BCUT2D eigenvalue weighted by molar-refractivity contribution is 0.856. The van der Waals surface area contributed by atoms with Crippen molar-refractivity contribution < 1.29 is 0 Å². The van der Waals surface area contributed by atoms with Crippen molar-refractivity contribution in [1.29, 1.82) is 5.26 Å². The Labute approximate surface area is 119 Å². The maximum absolute atomic E-state index is 9.06. The molecular weight excluding hydrogens is 246 g/mol. The van der Waals surface area contributed by atoms with Crippen LogP contribution in [0.5, 0.6) is 0 Å². The quantitative estimate of drug-likeness (QED) is 0.925. The van der Waals surface area contributed by atoms with Crippen LogP contribution in [0.3, 0.4) is 0 Å². The Kier molecular flexibility index (Phi) is 3.23. The van der Waals surface area contributed by atoms with Gasteiger partial charge < -0.3 is 9.88 Å². The lowest BCUT2D eigenvalue weighted by Crippen LogP contribution is -2.02. The summed E-state index contributed by atoms with van der Waals surface area (Å²) in [6.07, 6.45) is 3.70. The van der Waals surface area contributed by atoms with Gasteiger partial charge in [-0.25, -0.2) is 0 Å². The highest BCUT2D eigenvalue weighted by molar-refractivity contribution is 5.51. The highest BCUT2D eigenvalue weighted by Gasteiger charge is 2.11. The van der Waals surface area contributed by atoms with Gasteiger partial charge in [-0.3, -0.25) is 0 Å². The fraction of sp³-hybridized carbons (Fsp3) is 0.353.